The maximum atomic E-state index is 12.2. The molecule has 102 valence electrons. The summed E-state index contributed by atoms with van der Waals surface area (Å²) in [5.41, 5.74) is 16.3. The maximum Gasteiger partial charge on any atom is 0.256 e. The standard InChI is InChI=1S/C11H13BrN4O3/c12-8-2-1-6(13)3-7(8)11(19)16(4-9(14)17)5-10(15)18/h1-3H,4-5,13H2,(H2,14,17)(H2,15,18). The number of amides is 3. The molecule has 0 aliphatic rings. The van der Waals surface area contributed by atoms with E-state index in [0.717, 1.165) is 4.90 Å². The molecule has 6 N–H and O–H groups in total. The smallest absolute Gasteiger partial charge is 0.256 e. The molecule has 7 nitrogen and oxygen atoms in total. The molecule has 0 aliphatic carbocycles. The van der Waals surface area contributed by atoms with Crippen LogP contribution in [0.5, 0.6) is 0 Å². The Hall–Kier alpha value is -2.09. The van der Waals surface area contributed by atoms with Crippen molar-refractivity contribution in [3.8, 4) is 0 Å². The minimum atomic E-state index is -0.741. The predicted molar refractivity (Wildman–Crippen MR) is 72.8 cm³/mol. The van der Waals surface area contributed by atoms with Gasteiger partial charge < -0.3 is 22.1 Å². The second-order valence-corrected chi connectivity index (χ2v) is 4.69. The summed E-state index contributed by atoms with van der Waals surface area (Å²) >= 11 is 3.20. The van der Waals surface area contributed by atoms with Crippen LogP contribution in [0.1, 0.15) is 10.4 Å². The summed E-state index contributed by atoms with van der Waals surface area (Å²) in [4.78, 5) is 35.0. The van der Waals surface area contributed by atoms with E-state index in [1.165, 1.54) is 6.07 Å². The molecular formula is C11H13BrN4O3. The zero-order valence-electron chi connectivity index (χ0n) is 9.93. The summed E-state index contributed by atoms with van der Waals surface area (Å²) in [6.45, 7) is -0.800. The highest BCUT2D eigenvalue weighted by atomic mass is 79.9. The lowest BCUT2D eigenvalue weighted by atomic mass is 10.1. The third-order valence-corrected chi connectivity index (χ3v) is 2.89. The molecule has 0 saturated carbocycles. The summed E-state index contributed by atoms with van der Waals surface area (Å²) in [6.07, 6.45) is 0. The van der Waals surface area contributed by atoms with E-state index in [1.807, 2.05) is 0 Å². The van der Waals surface area contributed by atoms with Gasteiger partial charge in [-0.2, -0.15) is 0 Å². The molecule has 0 radical (unpaired) electrons. The van der Waals surface area contributed by atoms with E-state index in [1.54, 1.807) is 12.1 Å². The summed E-state index contributed by atoms with van der Waals surface area (Å²) in [6, 6.07) is 4.63. The molecule has 0 aromatic heterocycles. The molecule has 8 heteroatoms. The van der Waals surface area contributed by atoms with Gasteiger partial charge in [0.15, 0.2) is 0 Å². The van der Waals surface area contributed by atoms with Crippen molar-refractivity contribution in [2.45, 2.75) is 0 Å². The third kappa shape index (κ3) is 4.25. The lowest BCUT2D eigenvalue weighted by molar-refractivity contribution is -0.121. The zero-order valence-corrected chi connectivity index (χ0v) is 11.5. The lowest BCUT2D eigenvalue weighted by Crippen LogP contribution is -2.43. The van der Waals surface area contributed by atoms with Crippen molar-refractivity contribution < 1.29 is 14.4 Å². The Morgan fingerprint density at radius 1 is 1.11 bits per heavy atom. The Kier molecular flexibility index (Phi) is 4.87. The first-order valence-corrected chi connectivity index (χ1v) is 6.01. The van der Waals surface area contributed by atoms with Crippen LogP contribution in [0.15, 0.2) is 22.7 Å². The number of anilines is 1. The molecule has 0 spiro atoms. The van der Waals surface area contributed by atoms with Crippen LogP contribution in [0.2, 0.25) is 0 Å². The van der Waals surface area contributed by atoms with E-state index in [4.69, 9.17) is 17.2 Å². The number of halogens is 1. The van der Waals surface area contributed by atoms with Gasteiger partial charge in [-0.1, -0.05) is 0 Å². The first-order chi connectivity index (χ1) is 8.81. The summed E-state index contributed by atoms with van der Waals surface area (Å²) in [5, 5.41) is 0. The highest BCUT2D eigenvalue weighted by Crippen LogP contribution is 2.21. The molecule has 0 fully saturated rings. The quantitative estimate of drug-likeness (QED) is 0.625. The van der Waals surface area contributed by atoms with Gasteiger partial charge in [0.1, 0.15) is 13.1 Å². The molecule has 0 saturated heterocycles. The number of nitrogen functional groups attached to an aromatic ring is 1. The van der Waals surface area contributed by atoms with Gasteiger partial charge in [-0.15, -0.1) is 0 Å². The molecule has 0 atom stereocenters. The Labute approximate surface area is 117 Å². The Morgan fingerprint density at radius 3 is 2.11 bits per heavy atom. The Balaban J connectivity index is 3.07. The van der Waals surface area contributed by atoms with Crippen LogP contribution in [-0.2, 0) is 9.59 Å². The topological polar surface area (TPSA) is 133 Å². The number of carbonyl (C=O) groups excluding carboxylic acids is 3. The van der Waals surface area contributed by atoms with E-state index >= 15 is 0 Å². The zero-order chi connectivity index (χ0) is 14.6. The van der Waals surface area contributed by atoms with Gasteiger partial charge in [0.25, 0.3) is 5.91 Å². The highest BCUT2D eigenvalue weighted by Gasteiger charge is 2.21. The summed E-state index contributed by atoms with van der Waals surface area (Å²) in [5.74, 6) is -2.04. The van der Waals surface area contributed by atoms with Crippen LogP contribution in [0.4, 0.5) is 5.69 Å². The molecule has 1 rings (SSSR count). The molecule has 1 aromatic carbocycles. The van der Waals surface area contributed by atoms with Crippen molar-refractivity contribution in [1.82, 2.24) is 4.90 Å². The van der Waals surface area contributed by atoms with Gasteiger partial charge in [0, 0.05) is 10.2 Å². The predicted octanol–water partition coefficient (Wildman–Crippen LogP) is -0.556. The maximum absolute atomic E-state index is 12.2. The van der Waals surface area contributed by atoms with Crippen molar-refractivity contribution in [3.63, 3.8) is 0 Å². The van der Waals surface area contributed by atoms with E-state index < -0.39 is 30.8 Å². The Morgan fingerprint density at radius 2 is 1.63 bits per heavy atom. The van der Waals surface area contributed by atoms with Crippen LogP contribution in [-0.4, -0.2) is 35.7 Å². The number of benzene rings is 1. The van der Waals surface area contributed by atoms with E-state index in [-0.39, 0.29) is 5.56 Å². The SMILES string of the molecule is NC(=O)CN(CC(N)=O)C(=O)c1cc(N)ccc1Br. The highest BCUT2D eigenvalue weighted by molar-refractivity contribution is 9.10. The first kappa shape index (κ1) is 15.0. The van der Waals surface area contributed by atoms with Crippen molar-refractivity contribution >= 4 is 39.3 Å². The number of carbonyl (C=O) groups is 3. The van der Waals surface area contributed by atoms with E-state index in [0.29, 0.717) is 10.2 Å². The van der Waals surface area contributed by atoms with Crippen LogP contribution >= 0.6 is 15.9 Å². The van der Waals surface area contributed by atoms with E-state index in [2.05, 4.69) is 15.9 Å². The molecule has 0 heterocycles. The van der Waals surface area contributed by atoms with Gasteiger partial charge in [-0.3, -0.25) is 14.4 Å². The van der Waals surface area contributed by atoms with Gasteiger partial charge in [-0.05, 0) is 34.1 Å². The Bertz CT molecular complexity index is 517. The van der Waals surface area contributed by atoms with Crippen LogP contribution in [0, 0.1) is 0 Å². The van der Waals surface area contributed by atoms with Gasteiger partial charge in [0.05, 0.1) is 5.56 Å². The molecule has 0 aliphatic heterocycles. The molecule has 19 heavy (non-hydrogen) atoms. The van der Waals surface area contributed by atoms with Crippen molar-refractivity contribution in [3.05, 3.63) is 28.2 Å². The molecular weight excluding hydrogens is 316 g/mol. The number of nitrogens with two attached hydrogens (primary N) is 3. The second-order valence-electron chi connectivity index (χ2n) is 3.83. The molecule has 3 amide bonds. The molecule has 0 bridgehead atoms. The number of rotatable bonds is 5. The number of nitrogens with zero attached hydrogens (tertiary/aromatic N) is 1. The van der Waals surface area contributed by atoms with Gasteiger partial charge in [-0.25, -0.2) is 0 Å². The summed E-state index contributed by atoms with van der Waals surface area (Å²) < 4.78 is 0.491. The van der Waals surface area contributed by atoms with Crippen LogP contribution in [0.25, 0.3) is 0 Å². The van der Waals surface area contributed by atoms with E-state index in [9.17, 15) is 14.4 Å². The average molecular weight is 329 g/mol. The van der Waals surface area contributed by atoms with Crippen molar-refractivity contribution in [2.75, 3.05) is 18.8 Å². The van der Waals surface area contributed by atoms with Gasteiger partial charge in [0.2, 0.25) is 11.8 Å². The fraction of sp³-hybridized carbons (Fsp3) is 0.182. The monoisotopic (exact) mass is 328 g/mol. The van der Waals surface area contributed by atoms with Crippen LogP contribution < -0.4 is 17.2 Å². The normalized spacial score (nSPS) is 9.95. The van der Waals surface area contributed by atoms with Crippen LogP contribution in [0.3, 0.4) is 0 Å². The average Bonchev–Trinajstić information content (AvgIpc) is 2.29. The number of hydrogen-bond donors (Lipinski definition) is 3. The summed E-state index contributed by atoms with van der Waals surface area (Å²) in [7, 11) is 0. The molecule has 0 unspecified atom stereocenters. The van der Waals surface area contributed by atoms with Crippen molar-refractivity contribution in [1.29, 1.82) is 0 Å². The number of hydrogen-bond acceptors (Lipinski definition) is 4. The first-order valence-electron chi connectivity index (χ1n) is 5.22. The van der Waals surface area contributed by atoms with Gasteiger partial charge >= 0.3 is 0 Å². The fourth-order valence-electron chi connectivity index (χ4n) is 1.45. The third-order valence-electron chi connectivity index (χ3n) is 2.20. The van der Waals surface area contributed by atoms with Crippen molar-refractivity contribution in [2.24, 2.45) is 11.5 Å². The minimum Gasteiger partial charge on any atom is -0.399 e. The molecule has 1 aromatic rings. The lowest BCUT2D eigenvalue weighted by Gasteiger charge is -2.20. The second kappa shape index (κ2) is 6.19. The number of primary amides is 2. The fourth-order valence-corrected chi connectivity index (χ4v) is 1.87. The largest absolute Gasteiger partial charge is 0.399 e. The minimum absolute atomic E-state index is 0.225.